The van der Waals surface area contributed by atoms with Crippen LogP contribution in [0.3, 0.4) is 0 Å². The molecule has 2 aliphatic heterocycles. The second kappa shape index (κ2) is 6.86. The van der Waals surface area contributed by atoms with Gasteiger partial charge in [-0.1, -0.05) is 30.2 Å². The van der Waals surface area contributed by atoms with Gasteiger partial charge < -0.3 is 15.0 Å². The third-order valence-electron chi connectivity index (χ3n) is 6.29. The molecule has 1 aromatic rings. The minimum atomic E-state index is -0.398. The monoisotopic (exact) mass is 376 g/mol. The lowest BCUT2D eigenvalue weighted by atomic mass is 9.63. The lowest BCUT2D eigenvalue weighted by molar-refractivity contribution is -0.148. The summed E-state index contributed by atoms with van der Waals surface area (Å²) in [6.07, 6.45) is 4.72. The van der Waals surface area contributed by atoms with Gasteiger partial charge in [0.05, 0.1) is 24.0 Å². The molecule has 2 heterocycles. The van der Waals surface area contributed by atoms with E-state index in [9.17, 15) is 9.59 Å². The van der Waals surface area contributed by atoms with Crippen LogP contribution in [0.1, 0.15) is 44.1 Å². The van der Waals surface area contributed by atoms with Gasteiger partial charge in [-0.2, -0.15) is 0 Å². The highest BCUT2D eigenvalue weighted by atomic mass is 35.5. The number of rotatable bonds is 2. The molecule has 1 saturated carbocycles. The molecular weight excluding hydrogens is 352 g/mol. The molecule has 26 heavy (non-hydrogen) atoms. The van der Waals surface area contributed by atoms with E-state index in [-0.39, 0.29) is 11.8 Å². The molecule has 1 spiro atoms. The first-order chi connectivity index (χ1) is 12.5. The zero-order chi connectivity index (χ0) is 18.2. The van der Waals surface area contributed by atoms with E-state index in [0.29, 0.717) is 37.7 Å². The molecule has 2 saturated heterocycles. The lowest BCUT2D eigenvalue weighted by Gasteiger charge is -2.47. The number of piperidine rings is 1. The van der Waals surface area contributed by atoms with E-state index < -0.39 is 11.0 Å². The molecule has 3 fully saturated rings. The molecule has 0 aromatic heterocycles. The van der Waals surface area contributed by atoms with Crippen LogP contribution in [0, 0.1) is 0 Å². The number of nitrogens with one attached hydrogen (secondary N) is 1. The average Bonchev–Trinajstić information content (AvgIpc) is 2.77. The summed E-state index contributed by atoms with van der Waals surface area (Å²) < 4.78 is 6.02. The van der Waals surface area contributed by atoms with Crippen LogP contribution in [0.4, 0.5) is 0 Å². The number of hydrogen-bond acceptors (Lipinski definition) is 3. The van der Waals surface area contributed by atoms with Gasteiger partial charge in [0, 0.05) is 24.7 Å². The van der Waals surface area contributed by atoms with Crippen LogP contribution in [0.15, 0.2) is 24.3 Å². The van der Waals surface area contributed by atoms with Gasteiger partial charge >= 0.3 is 0 Å². The molecule has 4 rings (SSSR count). The molecular formula is C20H25ClN2O3. The molecule has 0 atom stereocenters. The van der Waals surface area contributed by atoms with Gasteiger partial charge in [-0.3, -0.25) is 9.59 Å². The van der Waals surface area contributed by atoms with Crippen molar-refractivity contribution in [3.63, 3.8) is 0 Å². The van der Waals surface area contributed by atoms with Gasteiger partial charge in [-0.05, 0) is 43.4 Å². The SMILES string of the molecule is O=C1CC2(CCN(C(=O)C3(c4ccc(Cl)cc4)CCC3)CC2)OCCN1. The first kappa shape index (κ1) is 17.8. The van der Waals surface area contributed by atoms with Crippen molar-refractivity contribution in [3.8, 4) is 0 Å². The van der Waals surface area contributed by atoms with E-state index in [1.54, 1.807) is 0 Å². The summed E-state index contributed by atoms with van der Waals surface area (Å²) in [5.41, 5.74) is 0.282. The molecule has 0 bridgehead atoms. The fourth-order valence-electron chi connectivity index (χ4n) is 4.53. The smallest absolute Gasteiger partial charge is 0.233 e. The van der Waals surface area contributed by atoms with Gasteiger partial charge in [-0.25, -0.2) is 0 Å². The van der Waals surface area contributed by atoms with Crippen LogP contribution in [-0.2, 0) is 19.7 Å². The quantitative estimate of drug-likeness (QED) is 0.863. The predicted molar refractivity (Wildman–Crippen MR) is 99.1 cm³/mol. The summed E-state index contributed by atoms with van der Waals surface area (Å²) in [7, 11) is 0. The van der Waals surface area contributed by atoms with Crippen LogP contribution in [0.5, 0.6) is 0 Å². The van der Waals surface area contributed by atoms with E-state index in [1.807, 2.05) is 29.2 Å². The number of benzene rings is 1. The fourth-order valence-corrected chi connectivity index (χ4v) is 4.66. The highest BCUT2D eigenvalue weighted by Crippen LogP contribution is 2.46. The van der Waals surface area contributed by atoms with Crippen LogP contribution in [-0.4, -0.2) is 48.6 Å². The van der Waals surface area contributed by atoms with Crippen LogP contribution >= 0.6 is 11.6 Å². The average molecular weight is 377 g/mol. The molecule has 3 aliphatic rings. The number of carbonyl (C=O) groups is 2. The van der Waals surface area contributed by atoms with Crippen LogP contribution in [0.25, 0.3) is 0 Å². The first-order valence-electron chi connectivity index (χ1n) is 9.49. The molecule has 140 valence electrons. The van der Waals surface area contributed by atoms with Gasteiger partial charge in [0.25, 0.3) is 0 Å². The molecule has 1 aliphatic carbocycles. The summed E-state index contributed by atoms with van der Waals surface area (Å²) in [6, 6.07) is 7.72. The number of likely N-dealkylation sites (tertiary alicyclic amines) is 1. The highest BCUT2D eigenvalue weighted by Gasteiger charge is 2.49. The van der Waals surface area contributed by atoms with Crippen molar-refractivity contribution in [2.24, 2.45) is 0 Å². The maximum absolute atomic E-state index is 13.4. The number of ether oxygens (including phenoxy) is 1. The normalized spacial score (nSPS) is 24.5. The molecule has 5 nitrogen and oxygen atoms in total. The van der Waals surface area contributed by atoms with E-state index in [4.69, 9.17) is 16.3 Å². The van der Waals surface area contributed by atoms with E-state index in [1.165, 1.54) is 0 Å². The van der Waals surface area contributed by atoms with Crippen molar-refractivity contribution >= 4 is 23.4 Å². The molecule has 2 amide bonds. The van der Waals surface area contributed by atoms with Gasteiger partial charge in [-0.15, -0.1) is 0 Å². The van der Waals surface area contributed by atoms with Gasteiger partial charge in [0.1, 0.15) is 0 Å². The van der Waals surface area contributed by atoms with Gasteiger partial charge in [0.15, 0.2) is 0 Å². The molecule has 6 heteroatoms. The first-order valence-corrected chi connectivity index (χ1v) is 9.87. The Morgan fingerprint density at radius 1 is 1.12 bits per heavy atom. The summed E-state index contributed by atoms with van der Waals surface area (Å²) in [6.45, 7) is 2.43. The topological polar surface area (TPSA) is 58.6 Å². The van der Waals surface area contributed by atoms with Crippen LogP contribution < -0.4 is 5.32 Å². The number of carbonyl (C=O) groups excluding carboxylic acids is 2. The van der Waals surface area contributed by atoms with Crippen molar-refractivity contribution < 1.29 is 14.3 Å². The van der Waals surface area contributed by atoms with Crippen molar-refractivity contribution in [2.45, 2.75) is 49.5 Å². The summed E-state index contributed by atoms with van der Waals surface area (Å²) >= 11 is 6.02. The molecule has 0 radical (unpaired) electrons. The molecule has 1 aromatic carbocycles. The maximum Gasteiger partial charge on any atom is 0.233 e. The Hall–Kier alpha value is -1.59. The molecule has 1 N–H and O–H groups in total. The Labute approximate surface area is 159 Å². The number of hydrogen-bond donors (Lipinski definition) is 1. The largest absolute Gasteiger partial charge is 0.372 e. The Morgan fingerprint density at radius 2 is 1.81 bits per heavy atom. The Kier molecular flexibility index (Phi) is 4.70. The number of amides is 2. The van der Waals surface area contributed by atoms with E-state index >= 15 is 0 Å². The lowest BCUT2D eigenvalue weighted by Crippen LogP contribution is -2.56. The minimum absolute atomic E-state index is 0.0545. The van der Waals surface area contributed by atoms with Crippen molar-refractivity contribution in [2.75, 3.05) is 26.2 Å². The van der Waals surface area contributed by atoms with Crippen LogP contribution in [0.2, 0.25) is 5.02 Å². The minimum Gasteiger partial charge on any atom is -0.372 e. The van der Waals surface area contributed by atoms with E-state index in [2.05, 4.69) is 5.32 Å². The summed E-state index contributed by atoms with van der Waals surface area (Å²) in [5.74, 6) is 0.276. The van der Waals surface area contributed by atoms with E-state index in [0.717, 1.165) is 37.7 Å². The zero-order valence-electron chi connectivity index (χ0n) is 14.9. The maximum atomic E-state index is 13.4. The van der Waals surface area contributed by atoms with Crippen molar-refractivity contribution in [1.82, 2.24) is 10.2 Å². The number of halogens is 1. The van der Waals surface area contributed by atoms with Crippen molar-refractivity contribution in [1.29, 1.82) is 0 Å². The molecule has 0 unspecified atom stereocenters. The highest BCUT2D eigenvalue weighted by molar-refractivity contribution is 6.30. The zero-order valence-corrected chi connectivity index (χ0v) is 15.7. The third kappa shape index (κ3) is 3.12. The van der Waals surface area contributed by atoms with Crippen molar-refractivity contribution in [3.05, 3.63) is 34.9 Å². The summed E-state index contributed by atoms with van der Waals surface area (Å²) in [5, 5.41) is 3.56. The Bertz CT molecular complexity index is 692. The Morgan fingerprint density at radius 3 is 2.42 bits per heavy atom. The second-order valence-corrected chi connectivity index (χ2v) is 8.23. The summed E-state index contributed by atoms with van der Waals surface area (Å²) in [4.78, 5) is 27.3. The third-order valence-corrected chi connectivity index (χ3v) is 6.54. The Balaban J connectivity index is 1.47. The van der Waals surface area contributed by atoms with Gasteiger partial charge in [0.2, 0.25) is 11.8 Å². The fraction of sp³-hybridized carbons (Fsp3) is 0.600. The standard InChI is InChI=1S/C20H25ClN2O3/c21-16-4-2-15(3-5-16)20(6-1-7-20)18(25)23-11-8-19(9-12-23)14-17(24)22-10-13-26-19/h2-5H,1,6-14H2,(H,22,24). The second-order valence-electron chi connectivity index (χ2n) is 7.79. The number of nitrogens with zero attached hydrogens (tertiary/aromatic N) is 1. The predicted octanol–water partition coefficient (Wildman–Crippen LogP) is 2.66.